The zero-order valence-corrected chi connectivity index (χ0v) is 23.7. The van der Waals surface area contributed by atoms with E-state index in [2.05, 4.69) is 5.32 Å². The van der Waals surface area contributed by atoms with Crippen LogP contribution in [-0.4, -0.2) is 35.4 Å². The number of halogens is 2. The number of nitrogens with zero attached hydrogens (tertiary/aromatic N) is 1. The quantitative estimate of drug-likeness (QED) is 0.235. The van der Waals surface area contributed by atoms with E-state index in [-0.39, 0.29) is 30.8 Å². The standard InChI is InChI=1S/C32H36Cl2N2O3/c33-26-17-19-28(20-18-26)39-21-9-16-31(37)36(23-25-12-7-8-15-29(25)34)30(22-24-10-3-1-4-11-24)32(38)35-27-13-5-2-6-14-27/h1,3-4,7-8,10-12,15,17-20,27,30H,2,5-6,9,13-14,16,21-23H2,(H,35,38)/t30-/m1/s1. The Balaban J connectivity index is 1.52. The van der Waals surface area contributed by atoms with Crippen molar-refractivity contribution in [2.45, 2.75) is 70.0 Å². The lowest BCUT2D eigenvalue weighted by Gasteiger charge is -2.33. The summed E-state index contributed by atoms with van der Waals surface area (Å²) in [5.41, 5.74) is 1.82. The highest BCUT2D eigenvalue weighted by atomic mass is 35.5. The minimum absolute atomic E-state index is 0.102. The number of carbonyl (C=O) groups is 2. The maximum Gasteiger partial charge on any atom is 0.243 e. The molecule has 0 saturated heterocycles. The molecule has 7 heteroatoms. The first-order valence-corrected chi connectivity index (χ1v) is 14.5. The highest BCUT2D eigenvalue weighted by Crippen LogP contribution is 2.23. The molecule has 0 spiro atoms. The molecule has 1 aliphatic carbocycles. The summed E-state index contributed by atoms with van der Waals surface area (Å²) < 4.78 is 5.80. The molecule has 0 aromatic heterocycles. The Hall–Kier alpha value is -3.02. The molecule has 1 N–H and O–H groups in total. The van der Waals surface area contributed by atoms with E-state index in [1.165, 1.54) is 6.42 Å². The fourth-order valence-corrected chi connectivity index (χ4v) is 5.32. The molecule has 0 bridgehead atoms. The van der Waals surface area contributed by atoms with E-state index < -0.39 is 6.04 Å². The van der Waals surface area contributed by atoms with Gasteiger partial charge in [0.2, 0.25) is 11.8 Å². The Labute approximate surface area is 241 Å². The highest BCUT2D eigenvalue weighted by molar-refractivity contribution is 6.31. The predicted octanol–water partition coefficient (Wildman–Crippen LogP) is 7.24. The smallest absolute Gasteiger partial charge is 0.243 e. The van der Waals surface area contributed by atoms with Crippen LogP contribution in [0.15, 0.2) is 78.9 Å². The number of hydrogen-bond acceptors (Lipinski definition) is 3. The van der Waals surface area contributed by atoms with Gasteiger partial charge in [0.25, 0.3) is 0 Å². The second kappa shape index (κ2) is 14.9. The molecule has 206 valence electrons. The highest BCUT2D eigenvalue weighted by Gasteiger charge is 2.32. The Morgan fingerprint density at radius 2 is 1.59 bits per heavy atom. The van der Waals surface area contributed by atoms with Crippen LogP contribution < -0.4 is 10.1 Å². The number of amides is 2. The number of carbonyl (C=O) groups excluding carboxylic acids is 2. The largest absolute Gasteiger partial charge is 0.494 e. The van der Waals surface area contributed by atoms with Gasteiger partial charge in [-0.15, -0.1) is 0 Å². The third-order valence-electron chi connectivity index (χ3n) is 7.14. The third-order valence-corrected chi connectivity index (χ3v) is 7.76. The second-order valence-corrected chi connectivity index (χ2v) is 10.9. The minimum Gasteiger partial charge on any atom is -0.494 e. The molecular formula is C32H36Cl2N2O3. The lowest BCUT2D eigenvalue weighted by molar-refractivity contribution is -0.141. The van der Waals surface area contributed by atoms with E-state index in [0.717, 1.165) is 36.8 Å². The van der Waals surface area contributed by atoms with Gasteiger partial charge in [0, 0.05) is 35.5 Å². The van der Waals surface area contributed by atoms with Crippen LogP contribution >= 0.6 is 23.2 Å². The molecule has 1 atom stereocenters. The molecule has 0 aliphatic heterocycles. The Morgan fingerprint density at radius 3 is 2.31 bits per heavy atom. The third kappa shape index (κ3) is 9.01. The van der Waals surface area contributed by atoms with Gasteiger partial charge in [-0.05, 0) is 60.7 Å². The van der Waals surface area contributed by atoms with Crippen molar-refractivity contribution >= 4 is 35.0 Å². The fraction of sp³-hybridized carbons (Fsp3) is 0.375. The Kier molecular flexibility index (Phi) is 11.1. The van der Waals surface area contributed by atoms with Gasteiger partial charge in [-0.1, -0.05) is 91.0 Å². The van der Waals surface area contributed by atoms with Crippen molar-refractivity contribution in [3.8, 4) is 5.75 Å². The van der Waals surface area contributed by atoms with Gasteiger partial charge in [0.15, 0.2) is 0 Å². The molecule has 0 unspecified atom stereocenters. The number of nitrogens with one attached hydrogen (secondary N) is 1. The van der Waals surface area contributed by atoms with Gasteiger partial charge in [-0.2, -0.15) is 0 Å². The van der Waals surface area contributed by atoms with E-state index in [1.54, 1.807) is 29.2 Å². The summed E-state index contributed by atoms with van der Waals surface area (Å²) in [6, 6.07) is 24.0. The second-order valence-electron chi connectivity index (χ2n) is 10.1. The Bertz CT molecular complexity index is 1200. The normalized spacial score (nSPS) is 14.4. The zero-order valence-electron chi connectivity index (χ0n) is 22.2. The van der Waals surface area contributed by atoms with E-state index in [4.69, 9.17) is 27.9 Å². The van der Waals surface area contributed by atoms with Gasteiger partial charge in [-0.25, -0.2) is 0 Å². The molecule has 1 aliphatic rings. The number of benzene rings is 3. The average molecular weight is 568 g/mol. The van der Waals surface area contributed by atoms with E-state index in [0.29, 0.717) is 35.2 Å². The Morgan fingerprint density at radius 1 is 0.897 bits per heavy atom. The molecule has 1 fully saturated rings. The number of ether oxygens (including phenoxy) is 1. The van der Waals surface area contributed by atoms with Crippen LogP contribution in [0.3, 0.4) is 0 Å². The van der Waals surface area contributed by atoms with E-state index in [1.807, 2.05) is 54.6 Å². The molecule has 2 amide bonds. The first-order valence-electron chi connectivity index (χ1n) is 13.7. The number of rotatable bonds is 12. The minimum atomic E-state index is -0.657. The van der Waals surface area contributed by atoms with Crippen LogP contribution in [0, 0.1) is 0 Å². The van der Waals surface area contributed by atoms with Gasteiger partial charge < -0.3 is 15.0 Å². The molecule has 3 aromatic rings. The van der Waals surface area contributed by atoms with Crippen molar-refractivity contribution < 1.29 is 14.3 Å². The summed E-state index contributed by atoms with van der Waals surface area (Å²) in [6.45, 7) is 0.636. The summed E-state index contributed by atoms with van der Waals surface area (Å²) in [7, 11) is 0. The maximum absolute atomic E-state index is 13.8. The predicted molar refractivity (Wildman–Crippen MR) is 157 cm³/mol. The van der Waals surface area contributed by atoms with Crippen molar-refractivity contribution in [3.63, 3.8) is 0 Å². The molecule has 0 radical (unpaired) electrons. The summed E-state index contributed by atoms with van der Waals surface area (Å²) in [5, 5.41) is 4.49. The average Bonchev–Trinajstić information content (AvgIpc) is 2.96. The van der Waals surface area contributed by atoms with Crippen LogP contribution in [0.25, 0.3) is 0 Å². The topological polar surface area (TPSA) is 58.6 Å². The van der Waals surface area contributed by atoms with Gasteiger partial charge >= 0.3 is 0 Å². The maximum atomic E-state index is 13.8. The molecule has 1 saturated carbocycles. The first kappa shape index (κ1) is 29.0. The molecule has 3 aromatic carbocycles. The van der Waals surface area contributed by atoms with Crippen LogP contribution in [0.1, 0.15) is 56.1 Å². The van der Waals surface area contributed by atoms with E-state index in [9.17, 15) is 9.59 Å². The molecule has 0 heterocycles. The van der Waals surface area contributed by atoms with Crippen molar-refractivity contribution in [1.29, 1.82) is 0 Å². The summed E-state index contributed by atoms with van der Waals surface area (Å²) in [5.74, 6) is 0.492. The van der Waals surface area contributed by atoms with Crippen molar-refractivity contribution in [3.05, 3.63) is 100 Å². The number of hydrogen-bond donors (Lipinski definition) is 1. The lowest BCUT2D eigenvalue weighted by atomic mass is 9.94. The van der Waals surface area contributed by atoms with Crippen molar-refractivity contribution in [1.82, 2.24) is 10.2 Å². The van der Waals surface area contributed by atoms with Gasteiger partial charge in [-0.3, -0.25) is 9.59 Å². The van der Waals surface area contributed by atoms with Crippen LogP contribution in [0.5, 0.6) is 5.75 Å². The lowest BCUT2D eigenvalue weighted by Crippen LogP contribution is -2.52. The fourth-order valence-electron chi connectivity index (χ4n) is 5.00. The molecular weight excluding hydrogens is 531 g/mol. The van der Waals surface area contributed by atoms with Crippen LogP contribution in [0.2, 0.25) is 10.0 Å². The van der Waals surface area contributed by atoms with Gasteiger partial charge in [0.1, 0.15) is 11.8 Å². The molecule has 5 nitrogen and oxygen atoms in total. The SMILES string of the molecule is O=C(NC1CCCCC1)[C@@H](Cc1ccccc1)N(Cc1ccccc1Cl)C(=O)CCCOc1ccc(Cl)cc1. The van der Waals surface area contributed by atoms with Crippen LogP contribution in [0.4, 0.5) is 0 Å². The summed E-state index contributed by atoms with van der Waals surface area (Å²) in [4.78, 5) is 29.3. The summed E-state index contributed by atoms with van der Waals surface area (Å²) in [6.07, 6.45) is 6.58. The van der Waals surface area contributed by atoms with Crippen molar-refractivity contribution in [2.24, 2.45) is 0 Å². The summed E-state index contributed by atoms with van der Waals surface area (Å²) >= 11 is 12.5. The monoisotopic (exact) mass is 566 g/mol. The molecule has 4 rings (SSSR count). The molecule has 39 heavy (non-hydrogen) atoms. The van der Waals surface area contributed by atoms with Gasteiger partial charge in [0.05, 0.1) is 6.61 Å². The first-order chi connectivity index (χ1) is 19.0. The van der Waals surface area contributed by atoms with E-state index >= 15 is 0 Å². The zero-order chi connectivity index (χ0) is 27.5. The van der Waals surface area contributed by atoms with Crippen molar-refractivity contribution in [2.75, 3.05) is 6.61 Å². The van der Waals surface area contributed by atoms with Crippen LogP contribution in [-0.2, 0) is 22.6 Å².